The van der Waals surface area contributed by atoms with Crippen molar-refractivity contribution < 1.29 is 4.79 Å². The molecule has 2 heteroatoms. The van der Waals surface area contributed by atoms with Gasteiger partial charge < -0.3 is 4.90 Å². The maximum atomic E-state index is 11.7. The van der Waals surface area contributed by atoms with E-state index in [-0.39, 0.29) is 5.91 Å². The third kappa shape index (κ3) is 1.94. The summed E-state index contributed by atoms with van der Waals surface area (Å²) in [6.45, 7) is 4.79. The molecule has 0 unspecified atom stereocenters. The van der Waals surface area contributed by atoms with E-state index in [1.807, 2.05) is 43.0 Å². The van der Waals surface area contributed by atoms with E-state index in [4.69, 9.17) is 0 Å². The molecule has 1 aliphatic rings. The fraction of sp³-hybridized carbons (Fsp3) is 0.308. The largest absolute Gasteiger partial charge is 0.308 e. The molecule has 1 heterocycles. The van der Waals surface area contributed by atoms with Crippen molar-refractivity contribution in [3.8, 4) is 0 Å². The van der Waals surface area contributed by atoms with Crippen molar-refractivity contribution in [2.24, 2.45) is 0 Å². The number of nitrogens with zero attached hydrogens (tertiary/aromatic N) is 1. The van der Waals surface area contributed by atoms with E-state index in [0.717, 1.165) is 11.3 Å². The van der Waals surface area contributed by atoms with Gasteiger partial charge in [0.05, 0.1) is 6.42 Å². The van der Waals surface area contributed by atoms with E-state index in [1.54, 1.807) is 0 Å². The molecule has 0 N–H and O–H groups in total. The Bertz CT molecular complexity index is 416. The molecule has 0 spiro atoms. The smallest absolute Gasteiger partial charge is 0.231 e. The number of allylic oxidation sites excluding steroid dienone is 1. The second kappa shape index (κ2) is 3.89. The summed E-state index contributed by atoms with van der Waals surface area (Å²) in [6.07, 6.45) is 2.63. The van der Waals surface area contributed by atoms with Crippen LogP contribution in [-0.2, 0) is 11.2 Å². The van der Waals surface area contributed by atoms with E-state index >= 15 is 0 Å². The third-order valence-corrected chi connectivity index (χ3v) is 2.61. The normalized spacial score (nSPS) is 14.0. The zero-order valence-electron chi connectivity index (χ0n) is 9.16. The molecule has 0 aliphatic carbocycles. The number of benzene rings is 1. The number of hydrogen-bond acceptors (Lipinski definition) is 1. The van der Waals surface area contributed by atoms with Crippen LogP contribution in [0.3, 0.4) is 0 Å². The first-order valence-electron chi connectivity index (χ1n) is 5.20. The summed E-state index contributed by atoms with van der Waals surface area (Å²) in [6, 6.07) is 8.00. The SMILES string of the molecule is CC(C)=CCN1C(=O)Cc2ccccc21. The molecule has 1 aromatic rings. The molecule has 0 bridgehead atoms. The number of hydrogen-bond donors (Lipinski definition) is 0. The molecule has 15 heavy (non-hydrogen) atoms. The number of amides is 1. The van der Waals surface area contributed by atoms with Crippen molar-refractivity contribution in [1.82, 2.24) is 0 Å². The van der Waals surface area contributed by atoms with Gasteiger partial charge in [0.2, 0.25) is 5.91 Å². The Morgan fingerprint density at radius 3 is 2.87 bits per heavy atom. The van der Waals surface area contributed by atoms with Crippen molar-refractivity contribution in [2.45, 2.75) is 20.3 Å². The van der Waals surface area contributed by atoms with Crippen molar-refractivity contribution >= 4 is 11.6 Å². The Morgan fingerprint density at radius 1 is 1.40 bits per heavy atom. The molecule has 0 atom stereocenters. The summed E-state index contributed by atoms with van der Waals surface area (Å²) in [5.41, 5.74) is 3.46. The summed E-state index contributed by atoms with van der Waals surface area (Å²) in [5, 5.41) is 0. The van der Waals surface area contributed by atoms with Gasteiger partial charge in [-0.1, -0.05) is 29.8 Å². The first kappa shape index (κ1) is 9.97. The summed E-state index contributed by atoms with van der Waals surface area (Å²) < 4.78 is 0. The van der Waals surface area contributed by atoms with Crippen LogP contribution < -0.4 is 4.90 Å². The van der Waals surface area contributed by atoms with E-state index in [0.29, 0.717) is 13.0 Å². The van der Waals surface area contributed by atoms with Gasteiger partial charge in [-0.3, -0.25) is 4.79 Å². The zero-order valence-corrected chi connectivity index (χ0v) is 9.16. The van der Waals surface area contributed by atoms with Gasteiger partial charge in [0.15, 0.2) is 0 Å². The lowest BCUT2D eigenvalue weighted by atomic mass is 10.2. The quantitative estimate of drug-likeness (QED) is 0.673. The third-order valence-electron chi connectivity index (χ3n) is 2.61. The standard InChI is InChI=1S/C13H15NO/c1-10(2)7-8-14-12-6-4-3-5-11(12)9-13(14)15/h3-7H,8-9H2,1-2H3. The molecule has 0 radical (unpaired) electrons. The van der Waals surface area contributed by atoms with E-state index in [9.17, 15) is 4.79 Å². The molecule has 0 fully saturated rings. The number of para-hydroxylation sites is 1. The number of carbonyl (C=O) groups excluding carboxylic acids is 1. The summed E-state index contributed by atoms with van der Waals surface area (Å²) in [4.78, 5) is 13.6. The second-order valence-corrected chi connectivity index (χ2v) is 4.09. The Morgan fingerprint density at radius 2 is 2.13 bits per heavy atom. The van der Waals surface area contributed by atoms with Gasteiger partial charge in [-0.15, -0.1) is 0 Å². The van der Waals surface area contributed by atoms with Crippen LogP contribution in [0.15, 0.2) is 35.9 Å². The predicted octanol–water partition coefficient (Wildman–Crippen LogP) is 2.54. The molecular formula is C13H15NO. The van der Waals surface area contributed by atoms with Crippen molar-refractivity contribution in [3.05, 3.63) is 41.5 Å². The van der Waals surface area contributed by atoms with Crippen LogP contribution in [-0.4, -0.2) is 12.5 Å². The molecule has 2 nitrogen and oxygen atoms in total. The molecule has 2 rings (SSSR count). The summed E-state index contributed by atoms with van der Waals surface area (Å²) >= 11 is 0. The fourth-order valence-corrected chi connectivity index (χ4v) is 1.79. The highest BCUT2D eigenvalue weighted by molar-refractivity contribution is 6.01. The molecule has 78 valence electrons. The van der Waals surface area contributed by atoms with Crippen LogP contribution in [0.1, 0.15) is 19.4 Å². The van der Waals surface area contributed by atoms with Gasteiger partial charge in [0, 0.05) is 12.2 Å². The van der Waals surface area contributed by atoms with Crippen molar-refractivity contribution in [1.29, 1.82) is 0 Å². The fourth-order valence-electron chi connectivity index (χ4n) is 1.79. The maximum absolute atomic E-state index is 11.7. The highest BCUT2D eigenvalue weighted by atomic mass is 16.2. The first-order valence-corrected chi connectivity index (χ1v) is 5.20. The first-order chi connectivity index (χ1) is 7.18. The minimum Gasteiger partial charge on any atom is -0.308 e. The molecule has 0 aromatic heterocycles. The Hall–Kier alpha value is -1.57. The number of fused-ring (bicyclic) bond motifs is 1. The Labute approximate surface area is 90.2 Å². The van der Waals surface area contributed by atoms with Crippen molar-refractivity contribution in [3.63, 3.8) is 0 Å². The molecule has 0 saturated carbocycles. The highest BCUT2D eigenvalue weighted by Gasteiger charge is 2.25. The highest BCUT2D eigenvalue weighted by Crippen LogP contribution is 2.28. The zero-order chi connectivity index (χ0) is 10.8. The summed E-state index contributed by atoms with van der Waals surface area (Å²) in [7, 11) is 0. The van der Waals surface area contributed by atoms with Crippen LogP contribution in [0.2, 0.25) is 0 Å². The predicted molar refractivity (Wildman–Crippen MR) is 61.9 cm³/mol. The molecular weight excluding hydrogens is 186 g/mol. The van der Waals surface area contributed by atoms with Gasteiger partial charge in [0.1, 0.15) is 0 Å². The lowest BCUT2D eigenvalue weighted by Crippen LogP contribution is -2.26. The molecule has 1 aromatic carbocycles. The number of anilines is 1. The minimum absolute atomic E-state index is 0.203. The Balaban J connectivity index is 2.26. The number of carbonyl (C=O) groups is 1. The van der Waals surface area contributed by atoms with Crippen LogP contribution in [0.25, 0.3) is 0 Å². The number of rotatable bonds is 2. The van der Waals surface area contributed by atoms with E-state index in [1.165, 1.54) is 5.57 Å². The second-order valence-electron chi connectivity index (χ2n) is 4.09. The van der Waals surface area contributed by atoms with Gasteiger partial charge in [-0.25, -0.2) is 0 Å². The van der Waals surface area contributed by atoms with Gasteiger partial charge in [0.25, 0.3) is 0 Å². The van der Waals surface area contributed by atoms with Gasteiger partial charge in [-0.05, 0) is 25.5 Å². The monoisotopic (exact) mass is 201 g/mol. The topological polar surface area (TPSA) is 20.3 Å². The average Bonchev–Trinajstić information content (AvgIpc) is 2.50. The Kier molecular flexibility index (Phi) is 2.58. The molecule has 1 aliphatic heterocycles. The molecule has 1 amide bonds. The lowest BCUT2D eigenvalue weighted by molar-refractivity contribution is -0.117. The lowest BCUT2D eigenvalue weighted by Gasteiger charge is -2.15. The van der Waals surface area contributed by atoms with Crippen LogP contribution in [0, 0.1) is 0 Å². The van der Waals surface area contributed by atoms with Gasteiger partial charge >= 0.3 is 0 Å². The van der Waals surface area contributed by atoms with E-state index < -0.39 is 0 Å². The summed E-state index contributed by atoms with van der Waals surface area (Å²) in [5.74, 6) is 0.203. The van der Waals surface area contributed by atoms with Gasteiger partial charge in [-0.2, -0.15) is 0 Å². The van der Waals surface area contributed by atoms with Crippen LogP contribution >= 0.6 is 0 Å². The maximum Gasteiger partial charge on any atom is 0.231 e. The van der Waals surface area contributed by atoms with Crippen LogP contribution in [0.5, 0.6) is 0 Å². The molecule has 0 saturated heterocycles. The average molecular weight is 201 g/mol. The minimum atomic E-state index is 0.203. The van der Waals surface area contributed by atoms with E-state index in [2.05, 4.69) is 6.08 Å². The van der Waals surface area contributed by atoms with Crippen molar-refractivity contribution in [2.75, 3.05) is 11.4 Å². The van der Waals surface area contributed by atoms with Crippen LogP contribution in [0.4, 0.5) is 5.69 Å².